The van der Waals surface area contributed by atoms with Gasteiger partial charge in [0.1, 0.15) is 20.0 Å². The van der Waals surface area contributed by atoms with Gasteiger partial charge < -0.3 is 14.5 Å². The van der Waals surface area contributed by atoms with Crippen LogP contribution in [-0.4, -0.2) is 31.2 Å². The fourth-order valence-corrected chi connectivity index (χ4v) is 6.82. The molecule has 5 rings (SSSR count). The molecular weight excluding hydrogens is 442 g/mol. The van der Waals surface area contributed by atoms with E-state index in [-0.39, 0.29) is 11.5 Å². The molecule has 0 bridgehead atoms. The van der Waals surface area contributed by atoms with Crippen LogP contribution in [0.15, 0.2) is 52.2 Å². The molecule has 0 unspecified atom stereocenters. The number of thiazole rings is 1. The highest BCUT2D eigenvalue weighted by molar-refractivity contribution is 8.08. The second-order valence-electron chi connectivity index (χ2n) is 7.53. The zero-order chi connectivity index (χ0) is 22.6. The first-order valence-electron chi connectivity index (χ1n) is 10.5. The molecule has 2 aromatic carbocycles. The van der Waals surface area contributed by atoms with Gasteiger partial charge in [-0.2, -0.15) is 0 Å². The number of para-hydroxylation sites is 1. The summed E-state index contributed by atoms with van der Waals surface area (Å²) in [5.74, 6) is 0.729. The minimum absolute atomic E-state index is 0.0471. The first kappa shape index (κ1) is 20.9. The van der Waals surface area contributed by atoms with Crippen LogP contribution in [0.3, 0.4) is 0 Å². The van der Waals surface area contributed by atoms with E-state index in [0.29, 0.717) is 23.2 Å². The Balaban J connectivity index is 1.80. The molecule has 8 heteroatoms. The van der Waals surface area contributed by atoms with Crippen LogP contribution < -0.4 is 29.3 Å². The second-order valence-corrected chi connectivity index (χ2v) is 9.56. The minimum Gasteiger partial charge on any atom is -0.497 e. The summed E-state index contributed by atoms with van der Waals surface area (Å²) in [5, 5.41) is 0.878. The van der Waals surface area contributed by atoms with Crippen LogP contribution in [0.25, 0.3) is 10.6 Å². The Hall–Kier alpha value is -2.97. The average Bonchev–Trinajstić information content (AvgIpc) is 3.41. The summed E-state index contributed by atoms with van der Waals surface area (Å²) < 4.78 is 8.47. The third-order valence-corrected chi connectivity index (χ3v) is 8.44. The Morgan fingerprint density at radius 2 is 1.78 bits per heavy atom. The summed E-state index contributed by atoms with van der Waals surface area (Å²) in [6.07, 6.45) is 0. The third kappa shape index (κ3) is 2.93. The Morgan fingerprint density at radius 1 is 1.00 bits per heavy atom. The molecule has 0 saturated carbocycles. The van der Waals surface area contributed by atoms with E-state index in [0.717, 1.165) is 37.3 Å². The van der Waals surface area contributed by atoms with E-state index < -0.39 is 0 Å². The number of hydrogen-bond acceptors (Lipinski definition) is 6. The van der Waals surface area contributed by atoms with Gasteiger partial charge >= 0.3 is 0 Å². The van der Waals surface area contributed by atoms with Crippen molar-refractivity contribution in [1.82, 2.24) is 4.57 Å². The quantitative estimate of drug-likeness (QED) is 0.596. The van der Waals surface area contributed by atoms with Crippen molar-refractivity contribution in [1.29, 1.82) is 0 Å². The Bertz CT molecular complexity index is 1440. The Labute approximate surface area is 194 Å². The largest absolute Gasteiger partial charge is 0.497 e. The van der Waals surface area contributed by atoms with Crippen LogP contribution in [0, 0.1) is 0 Å². The molecule has 6 nitrogen and oxygen atoms in total. The fraction of sp³-hybridized carbons (Fsp3) is 0.250. The molecule has 32 heavy (non-hydrogen) atoms. The maximum absolute atomic E-state index is 13.5. The van der Waals surface area contributed by atoms with Gasteiger partial charge in [-0.05, 0) is 32.0 Å². The van der Waals surface area contributed by atoms with Crippen molar-refractivity contribution in [3.63, 3.8) is 0 Å². The average molecular weight is 466 g/mol. The molecule has 0 saturated heterocycles. The topological polar surface area (TPSA) is 54.8 Å². The highest BCUT2D eigenvalue weighted by Gasteiger charge is 2.33. The van der Waals surface area contributed by atoms with Crippen molar-refractivity contribution in [2.75, 3.05) is 30.5 Å². The summed E-state index contributed by atoms with van der Waals surface area (Å²) in [6.45, 7) is 5.00. The number of aromatic nitrogens is 1. The molecule has 2 aliphatic rings. The zero-order valence-corrected chi connectivity index (χ0v) is 20.0. The summed E-state index contributed by atoms with van der Waals surface area (Å²) in [4.78, 5) is 31.8. The highest BCUT2D eigenvalue weighted by atomic mass is 32.2. The molecule has 164 valence electrons. The maximum atomic E-state index is 13.5. The maximum Gasteiger partial charge on any atom is 0.271 e. The number of fused-ring (bicyclic) bond motifs is 2. The second kappa shape index (κ2) is 7.86. The van der Waals surface area contributed by atoms with Crippen LogP contribution in [0.2, 0.25) is 0 Å². The van der Waals surface area contributed by atoms with Crippen molar-refractivity contribution in [2.24, 2.45) is 0 Å². The van der Waals surface area contributed by atoms with Gasteiger partial charge in [-0.15, -0.1) is 11.3 Å². The smallest absolute Gasteiger partial charge is 0.271 e. The molecule has 2 aliphatic heterocycles. The van der Waals surface area contributed by atoms with Crippen LogP contribution in [0.5, 0.6) is 5.75 Å². The summed E-state index contributed by atoms with van der Waals surface area (Å²) in [5.41, 5.74) is 3.35. The van der Waals surface area contributed by atoms with E-state index in [1.807, 2.05) is 68.3 Å². The SMILES string of the molecule is CCN1C(=O)C(=c2sc(=C3Sc4ccc(OC)cc4N3C)c(=O)n2CC)c2ccccc21. The van der Waals surface area contributed by atoms with E-state index in [4.69, 9.17) is 4.74 Å². The van der Waals surface area contributed by atoms with Crippen LogP contribution >= 0.6 is 23.1 Å². The van der Waals surface area contributed by atoms with E-state index >= 15 is 0 Å². The molecule has 0 atom stereocenters. The van der Waals surface area contributed by atoms with Crippen molar-refractivity contribution >= 4 is 51.0 Å². The number of carbonyl (C=O) groups is 1. The van der Waals surface area contributed by atoms with Crippen molar-refractivity contribution in [3.05, 3.63) is 67.6 Å². The summed E-state index contributed by atoms with van der Waals surface area (Å²) in [7, 11) is 3.61. The van der Waals surface area contributed by atoms with Gasteiger partial charge in [0.2, 0.25) is 0 Å². The standard InChI is InChI=1S/C24H23N3O3S2/c1-5-26-16-10-8-7-9-15(16)19(21(26)28)23-27(6-2)22(29)20(32-23)24-25(3)17-13-14(30-4)11-12-18(17)31-24/h7-13H,5-6H2,1-4H3. The van der Waals surface area contributed by atoms with Crippen LogP contribution in [-0.2, 0) is 11.3 Å². The molecule has 3 heterocycles. The van der Waals surface area contributed by atoms with Gasteiger partial charge in [0.05, 0.1) is 24.1 Å². The lowest BCUT2D eigenvalue weighted by atomic mass is 10.1. The molecule has 3 aromatic rings. The number of methoxy groups -OCH3 is 1. The number of benzene rings is 2. The number of rotatable bonds is 3. The lowest BCUT2D eigenvalue weighted by molar-refractivity contribution is -0.113. The number of nitrogens with zero attached hydrogens (tertiary/aromatic N) is 3. The molecule has 0 fully saturated rings. The predicted molar refractivity (Wildman–Crippen MR) is 131 cm³/mol. The van der Waals surface area contributed by atoms with E-state index in [2.05, 4.69) is 0 Å². The summed E-state index contributed by atoms with van der Waals surface area (Å²) in [6, 6.07) is 13.7. The summed E-state index contributed by atoms with van der Waals surface area (Å²) >= 11 is 2.98. The first-order valence-corrected chi connectivity index (χ1v) is 12.1. The Morgan fingerprint density at radius 3 is 2.50 bits per heavy atom. The number of carbonyl (C=O) groups excluding carboxylic acids is 1. The molecule has 0 N–H and O–H groups in total. The van der Waals surface area contributed by atoms with Crippen molar-refractivity contribution in [3.8, 4) is 5.75 Å². The Kier molecular flexibility index (Phi) is 5.14. The van der Waals surface area contributed by atoms with Crippen LogP contribution in [0.4, 0.5) is 11.4 Å². The number of hydrogen-bond donors (Lipinski definition) is 0. The molecule has 1 aromatic heterocycles. The predicted octanol–water partition coefficient (Wildman–Crippen LogP) is 2.81. The monoisotopic (exact) mass is 465 g/mol. The molecule has 0 radical (unpaired) electrons. The van der Waals surface area contributed by atoms with Gasteiger partial charge in [-0.25, -0.2) is 0 Å². The van der Waals surface area contributed by atoms with E-state index in [9.17, 15) is 9.59 Å². The van der Waals surface area contributed by atoms with Gasteiger partial charge in [0.15, 0.2) is 0 Å². The lowest BCUT2D eigenvalue weighted by Crippen LogP contribution is -2.35. The number of amides is 1. The minimum atomic E-state index is -0.0608. The van der Waals surface area contributed by atoms with E-state index in [1.165, 1.54) is 11.3 Å². The number of likely N-dealkylation sites (N-methyl/N-ethyl adjacent to an activating group) is 1. The molecular formula is C24H23N3O3S2. The van der Waals surface area contributed by atoms with Crippen molar-refractivity contribution in [2.45, 2.75) is 25.3 Å². The molecule has 0 aliphatic carbocycles. The normalized spacial score (nSPS) is 18.3. The fourth-order valence-electron chi connectivity index (χ4n) is 4.27. The highest BCUT2D eigenvalue weighted by Crippen LogP contribution is 2.46. The third-order valence-electron chi connectivity index (χ3n) is 5.89. The number of ether oxygens (including phenoxy) is 1. The van der Waals surface area contributed by atoms with Crippen LogP contribution in [0.1, 0.15) is 19.4 Å². The molecule has 1 amide bonds. The zero-order valence-electron chi connectivity index (χ0n) is 18.3. The van der Waals surface area contributed by atoms with E-state index in [1.54, 1.807) is 28.3 Å². The van der Waals surface area contributed by atoms with Crippen molar-refractivity contribution < 1.29 is 9.53 Å². The first-order chi connectivity index (χ1) is 15.5. The molecule has 0 spiro atoms. The number of thioether (sulfide) groups is 1. The van der Waals surface area contributed by atoms with Gasteiger partial charge in [-0.3, -0.25) is 14.2 Å². The van der Waals surface area contributed by atoms with Gasteiger partial charge in [0, 0.05) is 36.7 Å². The van der Waals surface area contributed by atoms with Gasteiger partial charge in [0.25, 0.3) is 11.5 Å². The number of anilines is 2. The van der Waals surface area contributed by atoms with Gasteiger partial charge in [-0.1, -0.05) is 30.0 Å². The lowest BCUT2D eigenvalue weighted by Gasteiger charge is -2.13.